The molecule has 8 heteroatoms. The Bertz CT molecular complexity index is 714. The second-order valence-electron chi connectivity index (χ2n) is 6.81. The van der Waals surface area contributed by atoms with Crippen LogP contribution in [0.4, 0.5) is 5.13 Å². The van der Waals surface area contributed by atoms with Crippen LogP contribution in [0, 0.1) is 5.92 Å². The predicted octanol–water partition coefficient (Wildman–Crippen LogP) is 3.10. The Hall–Kier alpha value is -1.34. The molecule has 1 atom stereocenters. The third-order valence-electron chi connectivity index (χ3n) is 5.18. The zero-order valence-corrected chi connectivity index (χ0v) is 17.6. The van der Waals surface area contributed by atoms with E-state index in [2.05, 4.69) is 27.3 Å². The Morgan fingerprint density at radius 2 is 1.96 bits per heavy atom. The smallest absolute Gasteiger partial charge is 0.254 e. The van der Waals surface area contributed by atoms with Crippen LogP contribution in [0.5, 0.6) is 0 Å². The number of hydrogen-bond donors (Lipinski definition) is 1. The molecule has 2 fully saturated rings. The quantitative estimate of drug-likeness (QED) is 0.812. The fourth-order valence-electron chi connectivity index (χ4n) is 3.75. The summed E-state index contributed by atoms with van der Waals surface area (Å²) in [6, 6.07) is 8.15. The molecule has 0 aliphatic carbocycles. The molecule has 1 N–H and O–H groups in total. The van der Waals surface area contributed by atoms with Crippen molar-refractivity contribution in [2.75, 3.05) is 44.2 Å². The molecule has 0 bridgehead atoms. The number of nitrogens with zero attached hydrogens (tertiary/aromatic N) is 3. The van der Waals surface area contributed by atoms with Crippen molar-refractivity contribution in [1.82, 2.24) is 15.2 Å². The molecule has 27 heavy (non-hydrogen) atoms. The largest absolute Gasteiger partial charge is 0.345 e. The van der Waals surface area contributed by atoms with Gasteiger partial charge < -0.3 is 15.1 Å². The van der Waals surface area contributed by atoms with Crippen molar-refractivity contribution < 1.29 is 4.79 Å². The van der Waals surface area contributed by atoms with Crippen LogP contribution in [0.2, 0.25) is 0 Å². The fourth-order valence-corrected chi connectivity index (χ4v) is 4.45. The minimum atomic E-state index is 0. The molecule has 3 heterocycles. The average Bonchev–Trinajstić information content (AvgIpc) is 3.36. The van der Waals surface area contributed by atoms with Crippen molar-refractivity contribution in [1.29, 1.82) is 0 Å². The van der Waals surface area contributed by atoms with Gasteiger partial charge in [-0.25, -0.2) is 4.98 Å². The number of halogens is 2. The average molecular weight is 429 g/mol. The first-order valence-corrected chi connectivity index (χ1v) is 9.91. The number of aromatic nitrogens is 1. The van der Waals surface area contributed by atoms with E-state index in [1.807, 2.05) is 28.6 Å². The lowest BCUT2D eigenvalue weighted by atomic mass is 9.94. The van der Waals surface area contributed by atoms with Crippen molar-refractivity contribution in [3.8, 4) is 0 Å². The summed E-state index contributed by atoms with van der Waals surface area (Å²) >= 11 is 1.66. The lowest BCUT2D eigenvalue weighted by molar-refractivity contribution is 0.0745. The summed E-state index contributed by atoms with van der Waals surface area (Å²) in [5.41, 5.74) is 2.08. The number of rotatable bonds is 4. The van der Waals surface area contributed by atoms with Crippen molar-refractivity contribution in [3.63, 3.8) is 0 Å². The number of carbonyl (C=O) groups excluding carboxylic acids is 1. The first-order chi connectivity index (χ1) is 12.3. The van der Waals surface area contributed by atoms with Gasteiger partial charge in [-0.15, -0.1) is 36.2 Å². The van der Waals surface area contributed by atoms with E-state index in [4.69, 9.17) is 0 Å². The van der Waals surface area contributed by atoms with Crippen molar-refractivity contribution in [2.45, 2.75) is 12.8 Å². The maximum atomic E-state index is 13.1. The third kappa shape index (κ3) is 5.13. The standard InChI is InChI=1S/C19H24N4OS.2ClH/c24-18(22-8-10-23(11-9-22)19-21-7-12-25-19)17-4-2-1-3-16(17)13-15-5-6-20-14-15;;/h1-4,7,12,15,20H,5-6,8-11,13-14H2;2*1H. The molecule has 4 rings (SSSR count). The zero-order valence-electron chi connectivity index (χ0n) is 15.2. The molecule has 1 aromatic carbocycles. The number of thiazole rings is 1. The third-order valence-corrected chi connectivity index (χ3v) is 6.01. The molecule has 2 aliphatic heterocycles. The van der Waals surface area contributed by atoms with Gasteiger partial charge in [0.15, 0.2) is 5.13 Å². The number of benzene rings is 1. The van der Waals surface area contributed by atoms with E-state index in [1.54, 1.807) is 11.3 Å². The predicted molar refractivity (Wildman–Crippen MR) is 116 cm³/mol. The first-order valence-electron chi connectivity index (χ1n) is 9.03. The van der Waals surface area contributed by atoms with E-state index in [9.17, 15) is 4.79 Å². The Morgan fingerprint density at radius 1 is 1.19 bits per heavy atom. The highest BCUT2D eigenvalue weighted by Gasteiger charge is 2.25. The molecule has 5 nitrogen and oxygen atoms in total. The molecule has 2 aromatic rings. The summed E-state index contributed by atoms with van der Waals surface area (Å²) in [4.78, 5) is 21.7. The number of piperazine rings is 1. The molecule has 1 amide bonds. The second-order valence-corrected chi connectivity index (χ2v) is 7.69. The van der Waals surface area contributed by atoms with Crippen molar-refractivity contribution in [3.05, 3.63) is 47.0 Å². The van der Waals surface area contributed by atoms with Gasteiger partial charge in [-0.05, 0) is 43.5 Å². The Morgan fingerprint density at radius 3 is 2.63 bits per heavy atom. The molecule has 0 spiro atoms. The Labute approximate surface area is 177 Å². The normalized spacial score (nSPS) is 19.3. The molecule has 1 aromatic heterocycles. The summed E-state index contributed by atoms with van der Waals surface area (Å²) in [5, 5.41) is 6.47. The minimum absolute atomic E-state index is 0. The molecular weight excluding hydrogens is 403 g/mol. The van der Waals surface area contributed by atoms with Crippen LogP contribution in [0.3, 0.4) is 0 Å². The second kappa shape index (κ2) is 10.3. The monoisotopic (exact) mass is 428 g/mol. The van der Waals surface area contributed by atoms with E-state index in [0.29, 0.717) is 5.92 Å². The molecule has 2 saturated heterocycles. The molecule has 0 radical (unpaired) electrons. The molecule has 2 aliphatic rings. The highest BCUT2D eigenvalue weighted by molar-refractivity contribution is 7.13. The number of amides is 1. The van der Waals surface area contributed by atoms with Crippen LogP contribution >= 0.6 is 36.2 Å². The maximum absolute atomic E-state index is 13.1. The van der Waals surface area contributed by atoms with Crippen LogP contribution in [-0.2, 0) is 6.42 Å². The zero-order chi connectivity index (χ0) is 17.1. The van der Waals surface area contributed by atoms with Gasteiger partial charge in [-0.2, -0.15) is 0 Å². The van der Waals surface area contributed by atoms with Gasteiger partial charge in [-0.3, -0.25) is 4.79 Å². The van der Waals surface area contributed by atoms with Crippen LogP contribution in [0.15, 0.2) is 35.8 Å². The summed E-state index contributed by atoms with van der Waals surface area (Å²) < 4.78 is 0. The highest BCUT2D eigenvalue weighted by Crippen LogP contribution is 2.22. The SMILES string of the molecule is Cl.Cl.O=C(c1ccccc1CC1CCNC1)N1CCN(c2nccs2)CC1. The number of carbonyl (C=O) groups is 1. The maximum Gasteiger partial charge on any atom is 0.254 e. The molecular formula is C19H26Cl2N4OS. The van der Waals surface area contributed by atoms with Gasteiger partial charge in [0, 0.05) is 43.3 Å². The molecule has 0 saturated carbocycles. The van der Waals surface area contributed by atoms with Gasteiger partial charge >= 0.3 is 0 Å². The summed E-state index contributed by atoms with van der Waals surface area (Å²) in [7, 11) is 0. The summed E-state index contributed by atoms with van der Waals surface area (Å²) in [6.07, 6.45) is 4.04. The molecule has 148 valence electrons. The van der Waals surface area contributed by atoms with Gasteiger partial charge in [0.2, 0.25) is 0 Å². The van der Waals surface area contributed by atoms with E-state index in [1.165, 1.54) is 12.0 Å². The van der Waals surface area contributed by atoms with Crippen LogP contribution < -0.4 is 10.2 Å². The Kier molecular flexibility index (Phi) is 8.35. The molecule has 1 unspecified atom stereocenters. The Balaban J connectivity index is 0.00000131. The van der Waals surface area contributed by atoms with Crippen molar-refractivity contribution >= 4 is 47.2 Å². The lowest BCUT2D eigenvalue weighted by Crippen LogP contribution is -2.49. The van der Waals surface area contributed by atoms with Gasteiger partial charge in [0.25, 0.3) is 5.91 Å². The highest BCUT2D eigenvalue weighted by atomic mass is 35.5. The number of hydrogen-bond acceptors (Lipinski definition) is 5. The van der Waals surface area contributed by atoms with Gasteiger partial charge in [0.05, 0.1) is 0 Å². The van der Waals surface area contributed by atoms with E-state index < -0.39 is 0 Å². The number of nitrogens with one attached hydrogen (secondary N) is 1. The van der Waals surface area contributed by atoms with E-state index >= 15 is 0 Å². The van der Waals surface area contributed by atoms with Gasteiger partial charge in [0.1, 0.15) is 0 Å². The number of anilines is 1. The van der Waals surface area contributed by atoms with E-state index in [0.717, 1.165) is 56.4 Å². The fraction of sp³-hybridized carbons (Fsp3) is 0.474. The van der Waals surface area contributed by atoms with Crippen LogP contribution in [0.25, 0.3) is 0 Å². The van der Waals surface area contributed by atoms with Gasteiger partial charge in [-0.1, -0.05) is 18.2 Å². The van der Waals surface area contributed by atoms with Crippen molar-refractivity contribution in [2.24, 2.45) is 5.92 Å². The first kappa shape index (κ1) is 22.0. The summed E-state index contributed by atoms with van der Waals surface area (Å²) in [6.45, 7) is 5.39. The minimum Gasteiger partial charge on any atom is -0.345 e. The summed E-state index contributed by atoms with van der Waals surface area (Å²) in [5.74, 6) is 0.830. The lowest BCUT2D eigenvalue weighted by Gasteiger charge is -2.35. The van der Waals surface area contributed by atoms with E-state index in [-0.39, 0.29) is 30.7 Å². The topological polar surface area (TPSA) is 48.5 Å². The van der Waals surface area contributed by atoms with Crippen LogP contribution in [0.1, 0.15) is 22.3 Å². The van der Waals surface area contributed by atoms with Crippen LogP contribution in [-0.4, -0.2) is 55.1 Å².